The summed E-state index contributed by atoms with van der Waals surface area (Å²) in [5.74, 6) is 0.751. The molecule has 0 aliphatic carbocycles. The van der Waals surface area contributed by atoms with Gasteiger partial charge in [-0.2, -0.15) is 0 Å². The molecule has 5 nitrogen and oxygen atoms in total. The number of halogens is 2. The van der Waals surface area contributed by atoms with E-state index >= 15 is 0 Å². The van der Waals surface area contributed by atoms with Crippen molar-refractivity contribution in [3.63, 3.8) is 0 Å². The molecule has 144 valence electrons. The lowest BCUT2D eigenvalue weighted by Crippen LogP contribution is -2.39. The van der Waals surface area contributed by atoms with Gasteiger partial charge in [0.15, 0.2) is 0 Å². The van der Waals surface area contributed by atoms with E-state index in [4.69, 9.17) is 5.73 Å². The lowest BCUT2D eigenvalue weighted by atomic mass is 9.93. The van der Waals surface area contributed by atoms with E-state index in [0.29, 0.717) is 18.7 Å². The van der Waals surface area contributed by atoms with E-state index in [2.05, 4.69) is 4.98 Å². The van der Waals surface area contributed by atoms with Crippen molar-refractivity contribution < 1.29 is 4.79 Å². The molecule has 2 aromatic rings. The van der Waals surface area contributed by atoms with E-state index in [1.54, 1.807) is 18.1 Å². The lowest BCUT2D eigenvalue weighted by molar-refractivity contribution is 0.0740. The maximum atomic E-state index is 12.5. The van der Waals surface area contributed by atoms with E-state index in [9.17, 15) is 4.79 Å². The Bertz CT molecular complexity index is 678. The first-order valence-electron chi connectivity index (χ1n) is 8.04. The van der Waals surface area contributed by atoms with Crippen molar-refractivity contribution in [3.8, 4) is 0 Å². The maximum absolute atomic E-state index is 12.5. The fraction of sp³-hybridized carbons (Fsp3) is 0.368. The van der Waals surface area contributed by atoms with Gasteiger partial charge in [-0.1, -0.05) is 32.0 Å². The smallest absolute Gasteiger partial charge is 0.255 e. The van der Waals surface area contributed by atoms with E-state index < -0.39 is 0 Å². The average molecular weight is 399 g/mol. The van der Waals surface area contributed by atoms with Gasteiger partial charge in [-0.05, 0) is 36.2 Å². The summed E-state index contributed by atoms with van der Waals surface area (Å²) in [7, 11) is 3.75. The molecular formula is C19H28Cl2N4O. The molecule has 2 N–H and O–H groups in total. The van der Waals surface area contributed by atoms with Gasteiger partial charge in [-0.15, -0.1) is 24.8 Å². The molecule has 0 aliphatic rings. The highest BCUT2D eigenvalue weighted by molar-refractivity contribution is 5.94. The summed E-state index contributed by atoms with van der Waals surface area (Å²) in [5.41, 5.74) is 7.27. The highest BCUT2D eigenvalue weighted by atomic mass is 35.5. The van der Waals surface area contributed by atoms with Crippen LogP contribution in [-0.4, -0.2) is 43.0 Å². The minimum atomic E-state index is -0.106. The number of carbonyl (C=O) groups is 1. The van der Waals surface area contributed by atoms with Crippen molar-refractivity contribution in [1.82, 2.24) is 9.88 Å². The Morgan fingerprint density at radius 1 is 1.08 bits per heavy atom. The molecule has 0 fully saturated rings. The van der Waals surface area contributed by atoms with Crippen LogP contribution in [0.5, 0.6) is 0 Å². The zero-order valence-corrected chi connectivity index (χ0v) is 17.3. The van der Waals surface area contributed by atoms with Gasteiger partial charge < -0.3 is 15.5 Å². The Kier molecular flexibility index (Phi) is 9.63. The molecule has 0 spiro atoms. The van der Waals surface area contributed by atoms with Crippen LogP contribution >= 0.6 is 24.8 Å². The van der Waals surface area contributed by atoms with Crippen LogP contribution < -0.4 is 10.6 Å². The molecule has 1 amide bonds. The summed E-state index contributed by atoms with van der Waals surface area (Å²) in [6, 6.07) is 13.7. The Labute approximate surface area is 168 Å². The number of rotatable bonds is 6. The molecule has 0 aliphatic heterocycles. The van der Waals surface area contributed by atoms with Crippen LogP contribution in [0.15, 0.2) is 48.7 Å². The zero-order valence-electron chi connectivity index (χ0n) is 15.7. The van der Waals surface area contributed by atoms with Gasteiger partial charge in [0.2, 0.25) is 0 Å². The second-order valence-electron chi connectivity index (χ2n) is 6.83. The molecule has 0 saturated heterocycles. The average Bonchev–Trinajstić information content (AvgIpc) is 2.61. The quantitative estimate of drug-likeness (QED) is 0.804. The largest absolute Gasteiger partial charge is 0.341 e. The molecule has 0 bridgehead atoms. The summed E-state index contributed by atoms with van der Waals surface area (Å²) < 4.78 is 0. The Morgan fingerprint density at radius 2 is 1.69 bits per heavy atom. The van der Waals surface area contributed by atoms with E-state index in [1.807, 2.05) is 68.3 Å². The number of hydrogen-bond acceptors (Lipinski definition) is 4. The van der Waals surface area contributed by atoms with Crippen molar-refractivity contribution in [2.45, 2.75) is 13.8 Å². The molecule has 1 aromatic heterocycles. The number of benzene rings is 1. The number of carbonyl (C=O) groups excluding carboxylic acids is 1. The number of nitrogens with two attached hydrogens (primary N) is 1. The second-order valence-corrected chi connectivity index (χ2v) is 6.83. The summed E-state index contributed by atoms with van der Waals surface area (Å²) in [6.45, 7) is 5.23. The molecule has 7 heteroatoms. The lowest BCUT2D eigenvalue weighted by Gasteiger charge is -2.29. The minimum Gasteiger partial charge on any atom is -0.341 e. The summed E-state index contributed by atoms with van der Waals surface area (Å²) in [6.07, 6.45) is 1.63. The molecule has 0 unspecified atom stereocenters. The van der Waals surface area contributed by atoms with Crippen molar-refractivity contribution in [1.29, 1.82) is 0 Å². The molecule has 1 aromatic carbocycles. The number of amides is 1. The van der Waals surface area contributed by atoms with Gasteiger partial charge in [-0.3, -0.25) is 4.79 Å². The number of anilines is 2. The first-order valence-corrected chi connectivity index (χ1v) is 8.04. The highest BCUT2D eigenvalue weighted by Crippen LogP contribution is 2.21. The molecule has 2 rings (SSSR count). The van der Waals surface area contributed by atoms with Crippen LogP contribution in [0.3, 0.4) is 0 Å². The van der Waals surface area contributed by atoms with Gasteiger partial charge in [0.05, 0.1) is 5.56 Å². The number of hydrogen-bond donors (Lipinski definition) is 1. The van der Waals surface area contributed by atoms with Gasteiger partial charge in [0, 0.05) is 32.5 Å². The Hall–Kier alpha value is -1.82. The molecule has 0 saturated carbocycles. The first kappa shape index (κ1) is 24.2. The second kappa shape index (κ2) is 10.4. The fourth-order valence-electron chi connectivity index (χ4n) is 2.49. The summed E-state index contributed by atoms with van der Waals surface area (Å²) >= 11 is 0. The SMILES string of the molecule is CN(CC(C)(C)CN)C(=O)c1ccc(N(C)c2ccccc2)nc1.Cl.Cl. The highest BCUT2D eigenvalue weighted by Gasteiger charge is 2.22. The van der Waals surface area contributed by atoms with Gasteiger partial charge >= 0.3 is 0 Å². The van der Waals surface area contributed by atoms with E-state index in [1.165, 1.54) is 0 Å². The third kappa shape index (κ3) is 6.16. The topological polar surface area (TPSA) is 62.5 Å². The van der Waals surface area contributed by atoms with Gasteiger partial charge in [0.25, 0.3) is 5.91 Å². The van der Waals surface area contributed by atoms with Gasteiger partial charge in [0.1, 0.15) is 5.82 Å². The molecule has 0 atom stereocenters. The molecular weight excluding hydrogens is 371 g/mol. The fourth-order valence-corrected chi connectivity index (χ4v) is 2.49. The number of aromatic nitrogens is 1. The third-order valence-electron chi connectivity index (χ3n) is 4.05. The maximum Gasteiger partial charge on any atom is 0.255 e. The number of nitrogens with zero attached hydrogens (tertiary/aromatic N) is 3. The zero-order chi connectivity index (χ0) is 17.7. The van der Waals surface area contributed by atoms with Crippen LogP contribution in [-0.2, 0) is 0 Å². The van der Waals surface area contributed by atoms with Gasteiger partial charge in [-0.25, -0.2) is 4.98 Å². The van der Waals surface area contributed by atoms with Crippen molar-refractivity contribution in [3.05, 3.63) is 54.2 Å². The van der Waals surface area contributed by atoms with Crippen LogP contribution in [0.2, 0.25) is 0 Å². The Morgan fingerprint density at radius 3 is 2.19 bits per heavy atom. The predicted molar refractivity (Wildman–Crippen MR) is 113 cm³/mol. The minimum absolute atomic E-state index is 0. The van der Waals surface area contributed by atoms with Crippen LogP contribution in [0.25, 0.3) is 0 Å². The van der Waals surface area contributed by atoms with Crippen molar-refractivity contribution in [2.24, 2.45) is 11.1 Å². The van der Waals surface area contributed by atoms with E-state index in [-0.39, 0.29) is 36.1 Å². The third-order valence-corrected chi connectivity index (χ3v) is 4.05. The predicted octanol–water partition coefficient (Wildman–Crippen LogP) is 3.75. The van der Waals surface area contributed by atoms with Crippen LogP contribution in [0, 0.1) is 5.41 Å². The summed E-state index contributed by atoms with van der Waals surface area (Å²) in [5, 5.41) is 0. The first-order chi connectivity index (χ1) is 11.3. The molecule has 0 radical (unpaired) electrons. The van der Waals surface area contributed by atoms with Crippen molar-refractivity contribution >= 4 is 42.2 Å². The monoisotopic (exact) mass is 398 g/mol. The Balaban J connectivity index is 0.00000312. The van der Waals surface area contributed by atoms with Crippen molar-refractivity contribution in [2.75, 3.05) is 32.1 Å². The van der Waals surface area contributed by atoms with E-state index in [0.717, 1.165) is 11.5 Å². The van der Waals surface area contributed by atoms with Crippen LogP contribution in [0.4, 0.5) is 11.5 Å². The molecule has 26 heavy (non-hydrogen) atoms. The summed E-state index contributed by atoms with van der Waals surface area (Å²) in [4.78, 5) is 20.6. The number of pyridine rings is 1. The normalized spacial score (nSPS) is 10.3. The standard InChI is InChI=1S/C19H26N4O.2ClH/c1-19(2,13-20)14-22(3)18(24)15-10-11-17(21-12-15)23(4)16-8-6-5-7-9-16;;/h5-12H,13-14,20H2,1-4H3;2*1H. The number of para-hydroxylation sites is 1. The van der Waals surface area contributed by atoms with Crippen LogP contribution in [0.1, 0.15) is 24.2 Å². The molecule has 1 heterocycles.